The van der Waals surface area contributed by atoms with Gasteiger partial charge in [-0.2, -0.15) is 8.78 Å². The molecule has 1 N–H and O–H groups in total. The second kappa shape index (κ2) is 5.61. The zero-order chi connectivity index (χ0) is 12.1. The van der Waals surface area contributed by atoms with E-state index < -0.39 is 6.61 Å². The molecular formula is C12H15F2NO. The minimum absolute atomic E-state index is 0.0544. The third-order valence-electron chi connectivity index (χ3n) is 2.20. The molecule has 1 aromatic rings. The third kappa shape index (κ3) is 3.31. The summed E-state index contributed by atoms with van der Waals surface area (Å²) in [5, 5.41) is 3.06. The van der Waals surface area contributed by atoms with Gasteiger partial charge in [0.15, 0.2) is 0 Å². The molecule has 0 aliphatic rings. The SMILES string of the molecule is C=C(C)C(NC)c1cccc(OC(F)F)c1. The molecule has 0 radical (unpaired) electrons. The van der Waals surface area contributed by atoms with Gasteiger partial charge in [-0.1, -0.05) is 24.3 Å². The molecule has 0 saturated heterocycles. The number of halogens is 2. The molecule has 2 nitrogen and oxygen atoms in total. The van der Waals surface area contributed by atoms with E-state index in [1.807, 2.05) is 13.0 Å². The normalized spacial score (nSPS) is 12.6. The molecule has 0 aliphatic heterocycles. The van der Waals surface area contributed by atoms with Crippen molar-refractivity contribution < 1.29 is 13.5 Å². The average Bonchev–Trinajstić information content (AvgIpc) is 2.17. The molecule has 16 heavy (non-hydrogen) atoms. The van der Waals surface area contributed by atoms with Gasteiger partial charge in [0.2, 0.25) is 0 Å². The molecule has 1 unspecified atom stereocenters. The average molecular weight is 227 g/mol. The van der Waals surface area contributed by atoms with Crippen molar-refractivity contribution in [3.8, 4) is 5.75 Å². The Morgan fingerprint density at radius 3 is 2.62 bits per heavy atom. The second-order valence-electron chi connectivity index (χ2n) is 3.52. The van der Waals surface area contributed by atoms with E-state index >= 15 is 0 Å². The Morgan fingerprint density at radius 2 is 2.12 bits per heavy atom. The van der Waals surface area contributed by atoms with E-state index in [9.17, 15) is 8.78 Å². The summed E-state index contributed by atoms with van der Waals surface area (Å²) in [7, 11) is 1.79. The topological polar surface area (TPSA) is 21.3 Å². The molecule has 0 amide bonds. The Bertz CT molecular complexity index is 366. The maximum absolute atomic E-state index is 12.0. The molecule has 0 aliphatic carbocycles. The molecule has 1 rings (SSSR count). The first-order valence-electron chi connectivity index (χ1n) is 4.92. The monoisotopic (exact) mass is 227 g/mol. The quantitative estimate of drug-likeness (QED) is 0.780. The van der Waals surface area contributed by atoms with Gasteiger partial charge >= 0.3 is 6.61 Å². The number of alkyl halides is 2. The lowest BCUT2D eigenvalue weighted by Crippen LogP contribution is -2.17. The molecule has 0 spiro atoms. The maximum Gasteiger partial charge on any atom is 0.387 e. The third-order valence-corrected chi connectivity index (χ3v) is 2.20. The Morgan fingerprint density at radius 1 is 1.44 bits per heavy atom. The summed E-state index contributed by atoms with van der Waals surface area (Å²) in [4.78, 5) is 0. The summed E-state index contributed by atoms with van der Waals surface area (Å²) in [5.41, 5.74) is 1.77. The first kappa shape index (κ1) is 12.6. The van der Waals surface area contributed by atoms with Crippen molar-refractivity contribution in [2.24, 2.45) is 0 Å². The van der Waals surface area contributed by atoms with Crippen LogP contribution in [0.4, 0.5) is 8.78 Å². The Kier molecular flexibility index (Phi) is 4.43. The lowest BCUT2D eigenvalue weighted by atomic mass is 10.0. The molecule has 0 fully saturated rings. The van der Waals surface area contributed by atoms with Crippen LogP contribution in [0.2, 0.25) is 0 Å². The van der Waals surface area contributed by atoms with Crippen molar-refractivity contribution in [1.82, 2.24) is 5.32 Å². The summed E-state index contributed by atoms with van der Waals surface area (Å²) in [6.45, 7) is 2.92. The van der Waals surface area contributed by atoms with E-state index in [1.165, 1.54) is 6.07 Å². The number of rotatable bonds is 5. The van der Waals surface area contributed by atoms with Gasteiger partial charge in [-0.25, -0.2) is 0 Å². The standard InChI is InChI=1S/C12H15F2NO/c1-8(2)11(15-3)9-5-4-6-10(7-9)16-12(13)14/h4-7,11-12,15H,1H2,2-3H3. The lowest BCUT2D eigenvalue weighted by molar-refractivity contribution is -0.0498. The number of benzene rings is 1. The molecule has 88 valence electrons. The van der Waals surface area contributed by atoms with Crippen LogP contribution in [0.15, 0.2) is 36.4 Å². The Labute approximate surface area is 93.9 Å². The fourth-order valence-electron chi connectivity index (χ4n) is 1.57. The van der Waals surface area contributed by atoms with Crippen LogP contribution < -0.4 is 10.1 Å². The van der Waals surface area contributed by atoms with Crippen LogP contribution in [-0.4, -0.2) is 13.7 Å². The van der Waals surface area contributed by atoms with Crippen LogP contribution in [0.5, 0.6) is 5.75 Å². The number of ether oxygens (including phenoxy) is 1. The first-order chi connectivity index (χ1) is 7.54. The fraction of sp³-hybridized carbons (Fsp3) is 0.333. The van der Waals surface area contributed by atoms with Crippen LogP contribution in [0.25, 0.3) is 0 Å². The van der Waals surface area contributed by atoms with Crippen LogP contribution >= 0.6 is 0 Å². The van der Waals surface area contributed by atoms with Crippen LogP contribution in [0, 0.1) is 0 Å². The summed E-state index contributed by atoms with van der Waals surface area (Å²) in [5.74, 6) is 0.161. The van der Waals surface area contributed by atoms with Crippen molar-refractivity contribution in [2.75, 3.05) is 7.05 Å². The number of nitrogens with one attached hydrogen (secondary N) is 1. The van der Waals surface area contributed by atoms with Crippen LogP contribution in [0.1, 0.15) is 18.5 Å². The van der Waals surface area contributed by atoms with Gasteiger partial charge in [-0.3, -0.25) is 0 Å². The fourth-order valence-corrected chi connectivity index (χ4v) is 1.57. The first-order valence-corrected chi connectivity index (χ1v) is 4.92. The van der Waals surface area contributed by atoms with Crippen molar-refractivity contribution in [3.63, 3.8) is 0 Å². The maximum atomic E-state index is 12.0. The molecule has 0 saturated carbocycles. The Balaban J connectivity index is 2.92. The smallest absolute Gasteiger partial charge is 0.387 e. The van der Waals surface area contributed by atoms with Gasteiger partial charge in [0.05, 0.1) is 6.04 Å². The zero-order valence-corrected chi connectivity index (χ0v) is 9.34. The van der Waals surface area contributed by atoms with Crippen molar-refractivity contribution >= 4 is 0 Å². The zero-order valence-electron chi connectivity index (χ0n) is 9.34. The number of likely N-dealkylation sites (N-methyl/N-ethyl adjacent to an activating group) is 1. The molecular weight excluding hydrogens is 212 g/mol. The van der Waals surface area contributed by atoms with Crippen molar-refractivity contribution in [2.45, 2.75) is 19.6 Å². The molecule has 4 heteroatoms. The van der Waals surface area contributed by atoms with E-state index in [0.717, 1.165) is 11.1 Å². The van der Waals surface area contributed by atoms with Gasteiger partial charge in [0.1, 0.15) is 5.75 Å². The summed E-state index contributed by atoms with van der Waals surface area (Å²) in [6.07, 6.45) is 0. The van der Waals surface area contributed by atoms with Gasteiger partial charge < -0.3 is 10.1 Å². The van der Waals surface area contributed by atoms with E-state index in [4.69, 9.17) is 0 Å². The highest BCUT2D eigenvalue weighted by Gasteiger charge is 2.11. The largest absolute Gasteiger partial charge is 0.435 e. The van der Waals surface area contributed by atoms with Gasteiger partial charge in [-0.15, -0.1) is 0 Å². The van der Waals surface area contributed by atoms with E-state index in [0.29, 0.717) is 0 Å². The van der Waals surface area contributed by atoms with Crippen molar-refractivity contribution in [3.05, 3.63) is 42.0 Å². The predicted octanol–water partition coefficient (Wildman–Crippen LogP) is 3.12. The van der Waals surface area contributed by atoms with E-state index in [-0.39, 0.29) is 11.8 Å². The second-order valence-corrected chi connectivity index (χ2v) is 3.52. The predicted molar refractivity (Wildman–Crippen MR) is 59.7 cm³/mol. The minimum atomic E-state index is -2.80. The van der Waals surface area contributed by atoms with Gasteiger partial charge in [0.25, 0.3) is 0 Å². The van der Waals surface area contributed by atoms with Gasteiger partial charge in [-0.05, 0) is 31.7 Å². The molecule has 0 heterocycles. The highest BCUT2D eigenvalue weighted by Crippen LogP contribution is 2.24. The molecule has 0 bridgehead atoms. The molecule has 1 aromatic carbocycles. The number of hydrogen-bond acceptors (Lipinski definition) is 2. The summed E-state index contributed by atoms with van der Waals surface area (Å²) in [6, 6.07) is 6.55. The van der Waals surface area contributed by atoms with E-state index in [2.05, 4.69) is 16.6 Å². The highest BCUT2D eigenvalue weighted by atomic mass is 19.3. The summed E-state index contributed by atoms with van der Waals surface area (Å²) < 4.78 is 28.4. The molecule has 0 aromatic heterocycles. The van der Waals surface area contributed by atoms with Gasteiger partial charge in [0, 0.05) is 0 Å². The minimum Gasteiger partial charge on any atom is -0.435 e. The summed E-state index contributed by atoms with van der Waals surface area (Å²) >= 11 is 0. The van der Waals surface area contributed by atoms with E-state index in [1.54, 1.807) is 19.2 Å². The van der Waals surface area contributed by atoms with Crippen LogP contribution in [0.3, 0.4) is 0 Å². The van der Waals surface area contributed by atoms with Crippen molar-refractivity contribution in [1.29, 1.82) is 0 Å². The Hall–Kier alpha value is -1.42. The van der Waals surface area contributed by atoms with Crippen LogP contribution in [-0.2, 0) is 0 Å². The molecule has 1 atom stereocenters. The number of hydrogen-bond donors (Lipinski definition) is 1. The lowest BCUT2D eigenvalue weighted by Gasteiger charge is -2.17. The highest BCUT2D eigenvalue weighted by molar-refractivity contribution is 5.33.